The number of hydrogen-bond donors (Lipinski definition) is 1. The minimum atomic E-state index is -0.0530. The number of rotatable bonds is 5. The molecule has 1 heterocycles. The number of hydrogen-bond acceptors (Lipinski definition) is 3. The highest BCUT2D eigenvalue weighted by molar-refractivity contribution is 5.91. The fourth-order valence-electron chi connectivity index (χ4n) is 2.09. The number of amides is 1. The number of benzene rings is 1. The van der Waals surface area contributed by atoms with Gasteiger partial charge in [0.05, 0.1) is 6.54 Å². The van der Waals surface area contributed by atoms with Crippen LogP contribution in [0, 0.1) is 13.8 Å². The van der Waals surface area contributed by atoms with E-state index in [1.165, 1.54) is 11.1 Å². The average Bonchev–Trinajstić information content (AvgIpc) is 2.41. The third-order valence-corrected chi connectivity index (χ3v) is 3.17. The lowest BCUT2D eigenvalue weighted by Crippen LogP contribution is -2.30. The summed E-state index contributed by atoms with van der Waals surface area (Å²) in [6.07, 6.45) is 1.70. The molecule has 0 aliphatic heterocycles. The van der Waals surface area contributed by atoms with E-state index in [0.29, 0.717) is 12.4 Å². The zero-order chi connectivity index (χ0) is 15.2. The van der Waals surface area contributed by atoms with E-state index >= 15 is 0 Å². The van der Waals surface area contributed by atoms with Crippen LogP contribution in [0.3, 0.4) is 0 Å². The number of aromatic nitrogens is 1. The summed E-state index contributed by atoms with van der Waals surface area (Å²) < 4.78 is 0. The van der Waals surface area contributed by atoms with Crippen LogP contribution in [0.1, 0.15) is 16.7 Å². The van der Waals surface area contributed by atoms with Gasteiger partial charge in [0.2, 0.25) is 5.91 Å². The summed E-state index contributed by atoms with van der Waals surface area (Å²) in [6.45, 7) is 5.12. The van der Waals surface area contributed by atoms with Crippen molar-refractivity contribution in [1.29, 1.82) is 0 Å². The first-order chi connectivity index (χ1) is 10.0. The van der Waals surface area contributed by atoms with Gasteiger partial charge in [-0.15, -0.1) is 0 Å². The van der Waals surface area contributed by atoms with Gasteiger partial charge in [0.15, 0.2) is 0 Å². The molecule has 0 bridgehead atoms. The Kier molecular flexibility index (Phi) is 5.06. The minimum Gasteiger partial charge on any atom is -0.310 e. The molecule has 2 rings (SSSR count). The molecule has 4 heteroatoms. The Balaban J connectivity index is 1.86. The highest BCUT2D eigenvalue weighted by Gasteiger charge is 2.08. The van der Waals surface area contributed by atoms with E-state index in [-0.39, 0.29) is 5.91 Å². The fourth-order valence-corrected chi connectivity index (χ4v) is 2.09. The van der Waals surface area contributed by atoms with Crippen molar-refractivity contribution < 1.29 is 4.79 Å². The van der Waals surface area contributed by atoms with E-state index in [2.05, 4.69) is 41.5 Å². The number of likely N-dealkylation sites (N-methyl/N-ethyl adjacent to an activating group) is 1. The third kappa shape index (κ3) is 5.00. The van der Waals surface area contributed by atoms with Crippen molar-refractivity contribution in [2.75, 3.05) is 18.9 Å². The first-order valence-corrected chi connectivity index (χ1v) is 6.99. The van der Waals surface area contributed by atoms with Gasteiger partial charge in [-0.25, -0.2) is 4.98 Å². The predicted octanol–water partition coefficient (Wildman–Crippen LogP) is 2.77. The van der Waals surface area contributed by atoms with Crippen molar-refractivity contribution in [2.24, 2.45) is 0 Å². The summed E-state index contributed by atoms with van der Waals surface area (Å²) in [5, 5.41) is 2.82. The van der Waals surface area contributed by atoms with Gasteiger partial charge in [-0.1, -0.05) is 29.8 Å². The van der Waals surface area contributed by atoms with Crippen LogP contribution in [0.5, 0.6) is 0 Å². The van der Waals surface area contributed by atoms with E-state index in [1.54, 1.807) is 6.20 Å². The van der Waals surface area contributed by atoms with Crippen LogP contribution in [-0.2, 0) is 11.3 Å². The highest BCUT2D eigenvalue weighted by Crippen LogP contribution is 2.07. The molecule has 0 aliphatic rings. The smallest absolute Gasteiger partial charge is 0.239 e. The van der Waals surface area contributed by atoms with E-state index in [0.717, 1.165) is 12.1 Å². The van der Waals surface area contributed by atoms with Gasteiger partial charge in [-0.2, -0.15) is 0 Å². The molecular weight excluding hydrogens is 262 g/mol. The molecule has 0 saturated carbocycles. The number of pyridine rings is 1. The molecule has 2 aromatic rings. The Morgan fingerprint density at radius 3 is 2.52 bits per heavy atom. The van der Waals surface area contributed by atoms with E-state index in [1.807, 2.05) is 31.0 Å². The van der Waals surface area contributed by atoms with Crippen molar-refractivity contribution in [3.8, 4) is 0 Å². The number of carbonyl (C=O) groups is 1. The fraction of sp³-hybridized carbons (Fsp3) is 0.294. The van der Waals surface area contributed by atoms with Crippen LogP contribution in [0.25, 0.3) is 0 Å². The van der Waals surface area contributed by atoms with Crippen molar-refractivity contribution in [1.82, 2.24) is 9.88 Å². The quantitative estimate of drug-likeness (QED) is 0.917. The lowest BCUT2D eigenvalue weighted by atomic mass is 10.1. The first kappa shape index (κ1) is 15.2. The van der Waals surface area contributed by atoms with Gasteiger partial charge < -0.3 is 5.32 Å². The number of aryl methyl sites for hydroxylation is 2. The molecule has 0 aliphatic carbocycles. The molecule has 110 valence electrons. The number of nitrogens with one attached hydrogen (secondary N) is 1. The second-order valence-corrected chi connectivity index (χ2v) is 5.42. The van der Waals surface area contributed by atoms with Crippen molar-refractivity contribution in [3.05, 3.63) is 59.3 Å². The maximum absolute atomic E-state index is 12.0. The number of anilines is 1. The maximum atomic E-state index is 12.0. The molecule has 1 aromatic heterocycles. The Hall–Kier alpha value is -2.20. The van der Waals surface area contributed by atoms with Crippen LogP contribution in [0.2, 0.25) is 0 Å². The summed E-state index contributed by atoms with van der Waals surface area (Å²) in [5.74, 6) is 0.548. The zero-order valence-electron chi connectivity index (χ0n) is 12.8. The maximum Gasteiger partial charge on any atom is 0.239 e. The normalized spacial score (nSPS) is 10.7. The lowest BCUT2D eigenvalue weighted by Gasteiger charge is -2.16. The van der Waals surface area contributed by atoms with Gasteiger partial charge in [-0.3, -0.25) is 9.69 Å². The molecule has 1 aromatic carbocycles. The summed E-state index contributed by atoms with van der Waals surface area (Å²) in [7, 11) is 1.93. The third-order valence-electron chi connectivity index (χ3n) is 3.17. The summed E-state index contributed by atoms with van der Waals surface area (Å²) in [5.41, 5.74) is 3.52. The van der Waals surface area contributed by atoms with E-state index in [4.69, 9.17) is 0 Å². The molecule has 0 saturated heterocycles. The van der Waals surface area contributed by atoms with Gasteiger partial charge in [0, 0.05) is 12.7 Å². The van der Waals surface area contributed by atoms with Crippen LogP contribution >= 0.6 is 0 Å². The Morgan fingerprint density at radius 2 is 1.86 bits per heavy atom. The SMILES string of the molecule is Cc1ccc(CN(C)CC(=O)Nc2cc(C)ccn2)cc1. The van der Waals surface area contributed by atoms with Crippen LogP contribution in [-0.4, -0.2) is 29.4 Å². The van der Waals surface area contributed by atoms with Crippen molar-refractivity contribution >= 4 is 11.7 Å². The molecule has 0 fully saturated rings. The second-order valence-electron chi connectivity index (χ2n) is 5.42. The predicted molar refractivity (Wildman–Crippen MR) is 85.1 cm³/mol. The largest absolute Gasteiger partial charge is 0.310 e. The molecule has 0 unspecified atom stereocenters. The number of carbonyl (C=O) groups excluding carboxylic acids is 1. The van der Waals surface area contributed by atoms with Crippen molar-refractivity contribution in [2.45, 2.75) is 20.4 Å². The van der Waals surface area contributed by atoms with Gasteiger partial charge in [-0.05, 0) is 44.2 Å². The molecular formula is C17H21N3O. The van der Waals surface area contributed by atoms with Crippen LogP contribution < -0.4 is 5.32 Å². The monoisotopic (exact) mass is 283 g/mol. The summed E-state index contributed by atoms with van der Waals surface area (Å²) >= 11 is 0. The highest BCUT2D eigenvalue weighted by atomic mass is 16.2. The van der Waals surface area contributed by atoms with E-state index < -0.39 is 0 Å². The zero-order valence-corrected chi connectivity index (χ0v) is 12.8. The summed E-state index contributed by atoms with van der Waals surface area (Å²) in [6, 6.07) is 12.1. The molecule has 1 N–H and O–H groups in total. The summed E-state index contributed by atoms with van der Waals surface area (Å²) in [4.78, 5) is 18.1. The molecule has 1 amide bonds. The standard InChI is InChI=1S/C17H21N3O/c1-13-4-6-15(7-5-13)11-20(3)12-17(21)19-16-10-14(2)8-9-18-16/h4-10H,11-12H2,1-3H3,(H,18,19,21). The minimum absolute atomic E-state index is 0.0530. The lowest BCUT2D eigenvalue weighted by molar-refractivity contribution is -0.117. The first-order valence-electron chi connectivity index (χ1n) is 6.99. The van der Waals surface area contributed by atoms with Gasteiger partial charge in [0.25, 0.3) is 0 Å². The van der Waals surface area contributed by atoms with Gasteiger partial charge in [0.1, 0.15) is 5.82 Å². The molecule has 4 nitrogen and oxygen atoms in total. The number of nitrogens with zero attached hydrogens (tertiary/aromatic N) is 2. The second kappa shape index (κ2) is 6.99. The van der Waals surface area contributed by atoms with E-state index in [9.17, 15) is 4.79 Å². The Labute approximate surface area is 125 Å². The topological polar surface area (TPSA) is 45.2 Å². The Bertz CT molecular complexity index is 608. The van der Waals surface area contributed by atoms with Crippen LogP contribution in [0.15, 0.2) is 42.6 Å². The molecule has 0 radical (unpaired) electrons. The van der Waals surface area contributed by atoms with Gasteiger partial charge >= 0.3 is 0 Å². The molecule has 0 spiro atoms. The molecule has 0 atom stereocenters. The van der Waals surface area contributed by atoms with Crippen LogP contribution in [0.4, 0.5) is 5.82 Å². The molecule has 21 heavy (non-hydrogen) atoms. The average molecular weight is 283 g/mol. The van der Waals surface area contributed by atoms with Crippen molar-refractivity contribution in [3.63, 3.8) is 0 Å². The Morgan fingerprint density at radius 1 is 1.14 bits per heavy atom.